The van der Waals surface area contributed by atoms with Gasteiger partial charge in [0.15, 0.2) is 6.10 Å². The zero-order valence-corrected chi connectivity index (χ0v) is 14.0. The molecule has 6 nitrogen and oxygen atoms in total. The average molecular weight is 376 g/mol. The maximum absolute atomic E-state index is 13.4. The summed E-state index contributed by atoms with van der Waals surface area (Å²) in [5, 5.41) is 0.712. The number of pyridine rings is 1. The molecule has 1 aliphatic heterocycles. The average Bonchev–Trinajstić information content (AvgIpc) is 2.98. The zero-order chi connectivity index (χ0) is 19.2. The molecule has 3 N–H and O–H groups in total. The SMILES string of the molecule is NC(=O)c1ccccc1N1CC[C@@H](C(F)(F)F)Oc2nc3[nH]ccc3cc21. The highest BCUT2D eigenvalue weighted by Gasteiger charge is 2.44. The number of anilines is 2. The summed E-state index contributed by atoms with van der Waals surface area (Å²) >= 11 is 0. The van der Waals surface area contributed by atoms with Crippen LogP contribution in [0.1, 0.15) is 16.8 Å². The van der Waals surface area contributed by atoms with E-state index in [2.05, 4.69) is 9.97 Å². The van der Waals surface area contributed by atoms with Crippen molar-refractivity contribution in [2.75, 3.05) is 11.4 Å². The van der Waals surface area contributed by atoms with Gasteiger partial charge in [0.05, 0.1) is 11.3 Å². The highest BCUT2D eigenvalue weighted by Crippen LogP contribution is 2.41. The number of H-pyrrole nitrogens is 1. The summed E-state index contributed by atoms with van der Waals surface area (Å²) in [7, 11) is 0. The van der Waals surface area contributed by atoms with Crippen LogP contribution in [-0.2, 0) is 0 Å². The number of primary amides is 1. The van der Waals surface area contributed by atoms with Crippen LogP contribution >= 0.6 is 0 Å². The number of nitrogens with two attached hydrogens (primary N) is 1. The van der Waals surface area contributed by atoms with E-state index in [4.69, 9.17) is 10.5 Å². The molecule has 3 heterocycles. The Morgan fingerprint density at radius 1 is 1.26 bits per heavy atom. The van der Waals surface area contributed by atoms with Crippen molar-refractivity contribution in [3.63, 3.8) is 0 Å². The smallest absolute Gasteiger partial charge is 0.425 e. The summed E-state index contributed by atoms with van der Waals surface area (Å²) < 4.78 is 45.3. The number of rotatable bonds is 2. The van der Waals surface area contributed by atoms with E-state index in [1.165, 1.54) is 6.07 Å². The largest absolute Gasteiger partial charge is 0.463 e. The molecule has 0 bridgehead atoms. The molecule has 1 amide bonds. The van der Waals surface area contributed by atoms with Crippen molar-refractivity contribution in [1.29, 1.82) is 0 Å². The van der Waals surface area contributed by atoms with Gasteiger partial charge in [-0.3, -0.25) is 4.79 Å². The van der Waals surface area contributed by atoms with Gasteiger partial charge in [0.25, 0.3) is 5.91 Å². The summed E-state index contributed by atoms with van der Waals surface area (Å²) in [6, 6.07) is 9.95. The minimum absolute atomic E-state index is 0.0148. The third kappa shape index (κ3) is 3.05. The summed E-state index contributed by atoms with van der Waals surface area (Å²) in [4.78, 5) is 20.5. The molecule has 0 saturated carbocycles. The van der Waals surface area contributed by atoms with Gasteiger partial charge >= 0.3 is 6.18 Å². The number of alkyl halides is 3. The molecule has 0 aliphatic carbocycles. The number of fused-ring (bicyclic) bond motifs is 2. The van der Waals surface area contributed by atoms with Crippen molar-refractivity contribution in [2.24, 2.45) is 5.73 Å². The summed E-state index contributed by atoms with van der Waals surface area (Å²) in [6.45, 7) is -0.0148. The number of halogens is 3. The summed E-state index contributed by atoms with van der Waals surface area (Å²) in [5.41, 5.74) is 6.84. The number of para-hydroxylation sites is 1. The first-order valence-electron chi connectivity index (χ1n) is 8.22. The van der Waals surface area contributed by atoms with Crippen LogP contribution in [0.25, 0.3) is 11.0 Å². The van der Waals surface area contributed by atoms with Crippen LogP contribution < -0.4 is 15.4 Å². The van der Waals surface area contributed by atoms with Gasteiger partial charge in [-0.05, 0) is 24.3 Å². The molecule has 0 fully saturated rings. The molecule has 0 saturated heterocycles. The molecule has 9 heteroatoms. The highest BCUT2D eigenvalue weighted by atomic mass is 19.4. The minimum Gasteiger partial charge on any atom is -0.463 e. The Balaban J connectivity index is 1.90. The first-order valence-corrected chi connectivity index (χ1v) is 8.22. The normalized spacial score (nSPS) is 17.3. The minimum atomic E-state index is -4.54. The lowest BCUT2D eigenvalue weighted by Crippen LogP contribution is -2.35. The number of carbonyl (C=O) groups is 1. The molecule has 1 aliphatic rings. The number of aromatic amines is 1. The Labute approximate surface area is 151 Å². The second-order valence-electron chi connectivity index (χ2n) is 6.20. The Hall–Kier alpha value is -3.23. The van der Waals surface area contributed by atoms with E-state index in [9.17, 15) is 18.0 Å². The number of hydrogen-bond acceptors (Lipinski definition) is 4. The Morgan fingerprint density at radius 3 is 2.78 bits per heavy atom. The molecule has 0 radical (unpaired) electrons. The number of nitrogens with zero attached hydrogens (tertiary/aromatic N) is 2. The number of nitrogens with one attached hydrogen (secondary N) is 1. The fraction of sp³-hybridized carbons (Fsp3) is 0.222. The van der Waals surface area contributed by atoms with Crippen molar-refractivity contribution >= 4 is 28.3 Å². The Bertz CT molecular complexity index is 1020. The quantitative estimate of drug-likeness (QED) is 0.717. The van der Waals surface area contributed by atoms with E-state index >= 15 is 0 Å². The van der Waals surface area contributed by atoms with Crippen LogP contribution in [0, 0.1) is 0 Å². The summed E-state index contributed by atoms with van der Waals surface area (Å²) in [6.07, 6.45) is -5.22. The van der Waals surface area contributed by atoms with Gasteiger partial charge < -0.3 is 20.4 Å². The van der Waals surface area contributed by atoms with Gasteiger partial charge in [0.1, 0.15) is 11.3 Å². The van der Waals surface area contributed by atoms with Gasteiger partial charge in [0.2, 0.25) is 5.88 Å². The van der Waals surface area contributed by atoms with Crippen molar-refractivity contribution < 1.29 is 22.7 Å². The molecule has 1 atom stereocenters. The standard InChI is InChI=1S/C18H15F3N4O2/c19-18(20,21)14-6-8-25(12-4-2-1-3-11(12)15(22)26)13-9-10-5-7-23-16(10)24-17(13)27-14/h1-5,7,9,14H,6,8H2,(H2,22,26)(H,23,24)/t14-/m0/s1. The first-order chi connectivity index (χ1) is 12.8. The third-order valence-electron chi connectivity index (χ3n) is 4.47. The molecule has 27 heavy (non-hydrogen) atoms. The predicted molar refractivity (Wildman–Crippen MR) is 93.1 cm³/mol. The van der Waals surface area contributed by atoms with Crippen LogP contribution in [-0.4, -0.2) is 34.7 Å². The number of carbonyl (C=O) groups excluding carboxylic acids is 1. The van der Waals surface area contributed by atoms with Crippen LogP contribution in [0.2, 0.25) is 0 Å². The van der Waals surface area contributed by atoms with Crippen LogP contribution in [0.15, 0.2) is 42.6 Å². The number of ether oxygens (including phenoxy) is 1. The number of benzene rings is 1. The van der Waals surface area contributed by atoms with E-state index in [0.29, 0.717) is 22.4 Å². The second kappa shape index (κ2) is 6.19. The van der Waals surface area contributed by atoms with Gasteiger partial charge in [-0.2, -0.15) is 18.2 Å². The van der Waals surface area contributed by atoms with Gasteiger partial charge in [-0.1, -0.05) is 12.1 Å². The lowest BCUT2D eigenvalue weighted by atomic mass is 10.1. The zero-order valence-electron chi connectivity index (χ0n) is 14.0. The van der Waals surface area contributed by atoms with E-state index in [0.717, 1.165) is 0 Å². The number of aromatic nitrogens is 2. The molecule has 4 rings (SSSR count). The predicted octanol–water partition coefficient (Wildman–Crippen LogP) is 3.51. The monoisotopic (exact) mass is 376 g/mol. The number of hydrogen-bond donors (Lipinski definition) is 2. The van der Waals surface area contributed by atoms with Gasteiger partial charge in [0, 0.05) is 24.5 Å². The summed E-state index contributed by atoms with van der Waals surface area (Å²) in [5.74, 6) is -0.815. The molecular formula is C18H15F3N4O2. The van der Waals surface area contributed by atoms with Crippen molar-refractivity contribution in [1.82, 2.24) is 9.97 Å². The van der Waals surface area contributed by atoms with Crippen LogP contribution in [0.5, 0.6) is 5.88 Å². The van der Waals surface area contributed by atoms with Crippen LogP contribution in [0.4, 0.5) is 24.5 Å². The lowest BCUT2D eigenvalue weighted by Gasteiger charge is -2.25. The van der Waals surface area contributed by atoms with E-state index < -0.39 is 18.2 Å². The van der Waals surface area contributed by atoms with Crippen molar-refractivity contribution in [3.05, 3.63) is 48.2 Å². The first kappa shape index (κ1) is 17.2. The third-order valence-corrected chi connectivity index (χ3v) is 4.47. The Morgan fingerprint density at radius 2 is 2.04 bits per heavy atom. The maximum Gasteiger partial charge on any atom is 0.425 e. The molecular weight excluding hydrogens is 361 g/mol. The molecule has 1 aromatic carbocycles. The van der Waals surface area contributed by atoms with Crippen molar-refractivity contribution in [2.45, 2.75) is 18.7 Å². The second-order valence-corrected chi connectivity index (χ2v) is 6.20. The number of amides is 1. The molecule has 0 unspecified atom stereocenters. The van der Waals surface area contributed by atoms with Gasteiger partial charge in [-0.15, -0.1) is 0 Å². The topological polar surface area (TPSA) is 84.2 Å². The fourth-order valence-corrected chi connectivity index (χ4v) is 3.19. The highest BCUT2D eigenvalue weighted by molar-refractivity contribution is 6.00. The van der Waals surface area contributed by atoms with Crippen LogP contribution in [0.3, 0.4) is 0 Å². The Kier molecular flexibility index (Phi) is 3.94. The fourth-order valence-electron chi connectivity index (χ4n) is 3.19. The van der Waals surface area contributed by atoms with Crippen molar-refractivity contribution in [3.8, 4) is 5.88 Å². The van der Waals surface area contributed by atoms with E-state index in [1.807, 2.05) is 0 Å². The lowest BCUT2D eigenvalue weighted by molar-refractivity contribution is -0.195. The molecule has 0 spiro atoms. The van der Waals surface area contributed by atoms with Gasteiger partial charge in [-0.25, -0.2) is 0 Å². The maximum atomic E-state index is 13.4. The van der Waals surface area contributed by atoms with E-state index in [-0.39, 0.29) is 24.4 Å². The molecule has 3 aromatic rings. The molecule has 2 aromatic heterocycles. The van der Waals surface area contributed by atoms with E-state index in [1.54, 1.807) is 41.4 Å². The molecule has 140 valence electrons.